The van der Waals surface area contributed by atoms with Crippen molar-refractivity contribution in [3.63, 3.8) is 0 Å². The molecule has 1 aromatic rings. The molecular formula is C13H16O. The molecule has 14 heavy (non-hydrogen) atoms. The fourth-order valence-corrected chi connectivity index (χ4v) is 1.33. The Balaban J connectivity index is 2.84. The summed E-state index contributed by atoms with van der Waals surface area (Å²) in [4.78, 5) is 11.6. The number of benzene rings is 1. The molecule has 1 nitrogen and oxygen atoms in total. The summed E-state index contributed by atoms with van der Waals surface area (Å²) in [5.41, 5.74) is 1.91. The van der Waals surface area contributed by atoms with Crippen molar-refractivity contribution in [1.82, 2.24) is 0 Å². The molecule has 0 fully saturated rings. The van der Waals surface area contributed by atoms with Crippen LogP contribution < -0.4 is 0 Å². The number of carbonyl (C=O) groups excluding carboxylic acids is 1. The number of hydrogen-bond acceptors (Lipinski definition) is 1. The zero-order chi connectivity index (χ0) is 10.6. The zero-order valence-electron chi connectivity index (χ0n) is 8.95. The SMILES string of the molecule is C/C(=C\c1ccccc1)C(=O)C(C)C. The predicted molar refractivity (Wildman–Crippen MR) is 59.9 cm³/mol. The lowest BCUT2D eigenvalue weighted by molar-refractivity contribution is -0.118. The maximum atomic E-state index is 11.6. The lowest BCUT2D eigenvalue weighted by atomic mass is 10.0. The molecule has 0 aliphatic heterocycles. The highest BCUT2D eigenvalue weighted by Gasteiger charge is 2.08. The van der Waals surface area contributed by atoms with Crippen LogP contribution in [0.25, 0.3) is 6.08 Å². The molecule has 0 saturated heterocycles. The van der Waals surface area contributed by atoms with E-state index in [1.54, 1.807) is 0 Å². The maximum Gasteiger partial charge on any atom is 0.161 e. The highest BCUT2D eigenvalue weighted by molar-refractivity contribution is 6.00. The van der Waals surface area contributed by atoms with Gasteiger partial charge in [0.1, 0.15) is 0 Å². The molecule has 0 radical (unpaired) electrons. The molecule has 0 aliphatic carbocycles. The van der Waals surface area contributed by atoms with Crippen LogP contribution in [0.2, 0.25) is 0 Å². The normalized spacial score (nSPS) is 11.9. The first-order valence-electron chi connectivity index (χ1n) is 4.89. The second-order valence-corrected chi connectivity index (χ2v) is 3.76. The van der Waals surface area contributed by atoms with Gasteiger partial charge in [0.25, 0.3) is 0 Å². The molecule has 0 bridgehead atoms. The minimum absolute atomic E-state index is 0.0787. The standard InChI is InChI=1S/C13H16O/c1-10(2)13(14)11(3)9-12-7-5-4-6-8-12/h4-10H,1-3H3/b11-9+. The number of allylic oxidation sites excluding steroid dienone is 1. The van der Waals surface area contributed by atoms with Gasteiger partial charge in [-0.3, -0.25) is 4.79 Å². The number of carbonyl (C=O) groups is 1. The molecule has 0 aliphatic rings. The average Bonchev–Trinajstić information content (AvgIpc) is 2.18. The summed E-state index contributed by atoms with van der Waals surface area (Å²) in [6.07, 6.45) is 1.93. The molecule has 0 N–H and O–H groups in total. The summed E-state index contributed by atoms with van der Waals surface area (Å²) in [7, 11) is 0. The summed E-state index contributed by atoms with van der Waals surface area (Å²) >= 11 is 0. The minimum atomic E-state index is 0.0787. The Morgan fingerprint density at radius 3 is 2.29 bits per heavy atom. The average molecular weight is 188 g/mol. The molecule has 0 aromatic heterocycles. The van der Waals surface area contributed by atoms with Crippen LogP contribution in [-0.4, -0.2) is 5.78 Å². The van der Waals surface area contributed by atoms with Gasteiger partial charge in [-0.05, 0) is 24.1 Å². The Morgan fingerprint density at radius 2 is 1.79 bits per heavy atom. The molecule has 0 spiro atoms. The third kappa shape index (κ3) is 2.84. The minimum Gasteiger partial charge on any atom is -0.294 e. The van der Waals surface area contributed by atoms with Gasteiger partial charge in [0.15, 0.2) is 5.78 Å². The first kappa shape index (κ1) is 10.7. The fourth-order valence-electron chi connectivity index (χ4n) is 1.33. The van der Waals surface area contributed by atoms with E-state index in [4.69, 9.17) is 0 Å². The van der Waals surface area contributed by atoms with Crippen LogP contribution in [0, 0.1) is 5.92 Å². The van der Waals surface area contributed by atoms with Crippen LogP contribution in [-0.2, 0) is 4.79 Å². The van der Waals surface area contributed by atoms with E-state index in [0.29, 0.717) is 0 Å². The van der Waals surface area contributed by atoms with Crippen molar-refractivity contribution in [3.8, 4) is 0 Å². The van der Waals surface area contributed by atoms with Crippen LogP contribution in [0.4, 0.5) is 0 Å². The van der Waals surface area contributed by atoms with Gasteiger partial charge < -0.3 is 0 Å². The summed E-state index contributed by atoms with van der Waals surface area (Å²) in [5.74, 6) is 0.295. The summed E-state index contributed by atoms with van der Waals surface area (Å²) in [5, 5.41) is 0. The molecule has 0 unspecified atom stereocenters. The van der Waals surface area contributed by atoms with E-state index in [2.05, 4.69) is 0 Å². The van der Waals surface area contributed by atoms with Crippen LogP contribution in [0.1, 0.15) is 26.3 Å². The predicted octanol–water partition coefficient (Wildman–Crippen LogP) is 3.32. The topological polar surface area (TPSA) is 17.1 Å². The smallest absolute Gasteiger partial charge is 0.161 e. The van der Waals surface area contributed by atoms with Crippen molar-refractivity contribution in [2.45, 2.75) is 20.8 Å². The number of Topliss-reactive ketones (excluding diaryl/α,β-unsaturated/α-hetero) is 1. The lowest BCUT2D eigenvalue weighted by Crippen LogP contribution is -2.07. The van der Waals surface area contributed by atoms with Gasteiger partial charge in [0.05, 0.1) is 0 Å². The third-order valence-electron chi connectivity index (χ3n) is 2.10. The van der Waals surface area contributed by atoms with Crippen LogP contribution >= 0.6 is 0 Å². The maximum absolute atomic E-state index is 11.6. The van der Waals surface area contributed by atoms with Gasteiger partial charge in [0.2, 0.25) is 0 Å². The van der Waals surface area contributed by atoms with E-state index in [1.807, 2.05) is 57.2 Å². The molecule has 0 amide bonds. The van der Waals surface area contributed by atoms with Crippen molar-refractivity contribution in [3.05, 3.63) is 41.5 Å². The number of ketones is 1. The Hall–Kier alpha value is -1.37. The van der Waals surface area contributed by atoms with Crippen molar-refractivity contribution >= 4 is 11.9 Å². The Morgan fingerprint density at radius 1 is 1.21 bits per heavy atom. The lowest BCUT2D eigenvalue weighted by Gasteiger charge is -2.03. The largest absolute Gasteiger partial charge is 0.294 e. The summed E-state index contributed by atoms with van der Waals surface area (Å²) < 4.78 is 0. The molecule has 74 valence electrons. The third-order valence-corrected chi connectivity index (χ3v) is 2.10. The second kappa shape index (κ2) is 4.75. The molecule has 1 aromatic carbocycles. The first-order chi connectivity index (χ1) is 6.61. The molecule has 0 saturated carbocycles. The van der Waals surface area contributed by atoms with Crippen LogP contribution in [0.3, 0.4) is 0 Å². The van der Waals surface area contributed by atoms with E-state index in [1.165, 1.54) is 0 Å². The van der Waals surface area contributed by atoms with Gasteiger partial charge in [0, 0.05) is 5.92 Å². The van der Waals surface area contributed by atoms with Gasteiger partial charge in [-0.25, -0.2) is 0 Å². The van der Waals surface area contributed by atoms with Crippen molar-refractivity contribution < 1.29 is 4.79 Å². The van der Waals surface area contributed by atoms with Crippen molar-refractivity contribution in [2.75, 3.05) is 0 Å². The summed E-state index contributed by atoms with van der Waals surface area (Å²) in [6, 6.07) is 9.91. The molecule has 0 atom stereocenters. The first-order valence-corrected chi connectivity index (χ1v) is 4.89. The molecular weight excluding hydrogens is 172 g/mol. The van der Waals surface area contributed by atoms with Crippen molar-refractivity contribution in [2.24, 2.45) is 5.92 Å². The van der Waals surface area contributed by atoms with E-state index < -0.39 is 0 Å². The highest BCUT2D eigenvalue weighted by atomic mass is 16.1. The quantitative estimate of drug-likeness (QED) is 0.665. The van der Waals surface area contributed by atoms with Gasteiger partial charge in [-0.15, -0.1) is 0 Å². The van der Waals surface area contributed by atoms with Crippen LogP contribution in [0.5, 0.6) is 0 Å². The van der Waals surface area contributed by atoms with Crippen molar-refractivity contribution in [1.29, 1.82) is 0 Å². The number of hydrogen-bond donors (Lipinski definition) is 0. The van der Waals surface area contributed by atoms with Gasteiger partial charge in [-0.1, -0.05) is 44.2 Å². The fraction of sp³-hybridized carbons (Fsp3) is 0.308. The monoisotopic (exact) mass is 188 g/mol. The Bertz CT molecular complexity index is 334. The zero-order valence-corrected chi connectivity index (χ0v) is 8.95. The van der Waals surface area contributed by atoms with Crippen LogP contribution in [0.15, 0.2) is 35.9 Å². The highest BCUT2D eigenvalue weighted by Crippen LogP contribution is 2.10. The van der Waals surface area contributed by atoms with E-state index in [0.717, 1.165) is 11.1 Å². The molecule has 0 heterocycles. The molecule has 1 heteroatoms. The van der Waals surface area contributed by atoms with E-state index >= 15 is 0 Å². The number of rotatable bonds is 3. The Labute approximate surface area is 85.5 Å². The van der Waals surface area contributed by atoms with E-state index in [-0.39, 0.29) is 11.7 Å². The Kier molecular flexibility index (Phi) is 3.63. The second-order valence-electron chi connectivity index (χ2n) is 3.76. The van der Waals surface area contributed by atoms with E-state index in [9.17, 15) is 4.79 Å². The summed E-state index contributed by atoms with van der Waals surface area (Å²) in [6.45, 7) is 5.71. The van der Waals surface area contributed by atoms with Gasteiger partial charge in [-0.2, -0.15) is 0 Å². The van der Waals surface area contributed by atoms with Gasteiger partial charge >= 0.3 is 0 Å². The molecule has 1 rings (SSSR count).